The Hall–Kier alpha value is -2.76. The standard InChI is InChI=1S/C19H21N5O/c1-12-7-13(2)9-14(8-12)19(5-6-19)18-22-17(25-23-18)15-10-21-16(11-20-15)24(3)4/h7-11H,5-6H2,1-4H3. The van der Waals surface area contributed by atoms with Crippen LogP contribution in [0.3, 0.4) is 0 Å². The maximum Gasteiger partial charge on any atom is 0.278 e. The summed E-state index contributed by atoms with van der Waals surface area (Å²) in [6, 6.07) is 6.63. The van der Waals surface area contributed by atoms with Crippen molar-refractivity contribution in [3.05, 3.63) is 53.1 Å². The Labute approximate surface area is 146 Å². The van der Waals surface area contributed by atoms with E-state index >= 15 is 0 Å². The first-order valence-corrected chi connectivity index (χ1v) is 8.41. The fraction of sp³-hybridized carbons (Fsp3) is 0.368. The largest absolute Gasteiger partial charge is 0.361 e. The zero-order valence-corrected chi connectivity index (χ0v) is 14.9. The van der Waals surface area contributed by atoms with Gasteiger partial charge >= 0.3 is 0 Å². The molecule has 1 saturated carbocycles. The van der Waals surface area contributed by atoms with E-state index in [4.69, 9.17) is 4.52 Å². The molecule has 0 radical (unpaired) electrons. The van der Waals surface area contributed by atoms with Crippen molar-refractivity contribution in [2.24, 2.45) is 0 Å². The third kappa shape index (κ3) is 2.77. The highest BCUT2D eigenvalue weighted by molar-refractivity contribution is 5.49. The van der Waals surface area contributed by atoms with E-state index in [0.29, 0.717) is 11.6 Å². The van der Waals surface area contributed by atoms with Gasteiger partial charge in [0, 0.05) is 14.1 Å². The Morgan fingerprint density at radius 3 is 2.28 bits per heavy atom. The van der Waals surface area contributed by atoms with E-state index < -0.39 is 0 Å². The fourth-order valence-corrected chi connectivity index (χ4v) is 3.20. The smallest absolute Gasteiger partial charge is 0.278 e. The van der Waals surface area contributed by atoms with Gasteiger partial charge in [0.15, 0.2) is 5.82 Å². The van der Waals surface area contributed by atoms with E-state index in [-0.39, 0.29) is 5.41 Å². The number of hydrogen-bond acceptors (Lipinski definition) is 6. The number of benzene rings is 1. The van der Waals surface area contributed by atoms with E-state index in [2.05, 4.69) is 52.2 Å². The average molecular weight is 335 g/mol. The molecular formula is C19H21N5O. The predicted octanol–water partition coefficient (Wildman–Crippen LogP) is 3.29. The molecule has 25 heavy (non-hydrogen) atoms. The highest BCUT2D eigenvalue weighted by atomic mass is 16.5. The quantitative estimate of drug-likeness (QED) is 0.729. The number of hydrogen-bond donors (Lipinski definition) is 0. The minimum Gasteiger partial charge on any atom is -0.361 e. The molecule has 0 amide bonds. The third-order valence-corrected chi connectivity index (χ3v) is 4.69. The number of rotatable bonds is 4. The van der Waals surface area contributed by atoms with Gasteiger partial charge in [-0.3, -0.25) is 0 Å². The van der Waals surface area contributed by atoms with Crippen LogP contribution in [0.5, 0.6) is 0 Å². The summed E-state index contributed by atoms with van der Waals surface area (Å²) < 4.78 is 5.48. The molecule has 6 nitrogen and oxygen atoms in total. The SMILES string of the molecule is Cc1cc(C)cc(C2(c3noc(-c4cnc(N(C)C)cn4)n3)CC2)c1. The average Bonchev–Trinajstić information content (AvgIpc) is 3.24. The lowest BCUT2D eigenvalue weighted by Gasteiger charge is -2.13. The van der Waals surface area contributed by atoms with Gasteiger partial charge in [0.2, 0.25) is 0 Å². The van der Waals surface area contributed by atoms with Crippen molar-refractivity contribution in [2.75, 3.05) is 19.0 Å². The first kappa shape index (κ1) is 15.7. The van der Waals surface area contributed by atoms with Crippen molar-refractivity contribution in [1.82, 2.24) is 20.1 Å². The topological polar surface area (TPSA) is 67.9 Å². The van der Waals surface area contributed by atoms with Crippen LogP contribution in [-0.2, 0) is 5.41 Å². The molecule has 0 aliphatic heterocycles. The molecule has 0 N–H and O–H groups in total. The minimum absolute atomic E-state index is 0.116. The Balaban J connectivity index is 1.67. The predicted molar refractivity (Wildman–Crippen MR) is 95.6 cm³/mol. The van der Waals surface area contributed by atoms with E-state index in [1.807, 2.05) is 19.0 Å². The van der Waals surface area contributed by atoms with E-state index in [0.717, 1.165) is 24.5 Å². The van der Waals surface area contributed by atoms with Crippen LogP contribution in [0.15, 0.2) is 35.1 Å². The van der Waals surface area contributed by atoms with Crippen LogP contribution in [0.25, 0.3) is 11.6 Å². The summed E-state index contributed by atoms with van der Waals surface area (Å²) in [4.78, 5) is 15.3. The molecule has 0 unspecified atom stereocenters. The maximum atomic E-state index is 5.48. The molecule has 0 atom stereocenters. The van der Waals surface area contributed by atoms with Crippen LogP contribution in [-0.4, -0.2) is 34.2 Å². The second-order valence-electron chi connectivity index (χ2n) is 7.04. The molecule has 1 fully saturated rings. The normalized spacial score (nSPS) is 15.2. The Morgan fingerprint density at radius 1 is 1.00 bits per heavy atom. The van der Waals surface area contributed by atoms with Crippen molar-refractivity contribution < 1.29 is 4.52 Å². The Kier molecular flexibility index (Phi) is 3.56. The first-order valence-electron chi connectivity index (χ1n) is 8.41. The van der Waals surface area contributed by atoms with Crippen LogP contribution in [0.1, 0.15) is 35.4 Å². The van der Waals surface area contributed by atoms with Crippen LogP contribution in [0, 0.1) is 13.8 Å². The molecular weight excluding hydrogens is 314 g/mol. The summed E-state index contributed by atoms with van der Waals surface area (Å²) in [6.45, 7) is 4.24. The molecule has 0 spiro atoms. The van der Waals surface area contributed by atoms with Gasteiger partial charge in [-0.2, -0.15) is 4.98 Å². The van der Waals surface area contributed by atoms with Crippen molar-refractivity contribution in [3.63, 3.8) is 0 Å². The Bertz CT molecular complexity index is 890. The molecule has 4 rings (SSSR count). The molecule has 0 bridgehead atoms. The molecule has 6 heteroatoms. The number of nitrogens with zero attached hydrogens (tertiary/aromatic N) is 5. The van der Waals surface area contributed by atoms with Crippen molar-refractivity contribution in [3.8, 4) is 11.6 Å². The van der Waals surface area contributed by atoms with Gasteiger partial charge in [-0.25, -0.2) is 9.97 Å². The lowest BCUT2D eigenvalue weighted by atomic mass is 9.92. The second-order valence-corrected chi connectivity index (χ2v) is 7.04. The third-order valence-electron chi connectivity index (χ3n) is 4.69. The fourth-order valence-electron chi connectivity index (χ4n) is 3.20. The van der Waals surface area contributed by atoms with Crippen LogP contribution >= 0.6 is 0 Å². The summed E-state index contributed by atoms with van der Waals surface area (Å²) >= 11 is 0. The Morgan fingerprint density at radius 2 is 1.72 bits per heavy atom. The lowest BCUT2D eigenvalue weighted by Crippen LogP contribution is -2.11. The summed E-state index contributed by atoms with van der Waals surface area (Å²) in [5, 5.41) is 4.26. The van der Waals surface area contributed by atoms with Crippen LogP contribution in [0.2, 0.25) is 0 Å². The highest BCUT2D eigenvalue weighted by Crippen LogP contribution is 2.52. The van der Waals surface area contributed by atoms with Gasteiger partial charge in [0.1, 0.15) is 11.5 Å². The van der Waals surface area contributed by atoms with Gasteiger partial charge < -0.3 is 9.42 Å². The summed E-state index contributed by atoms with van der Waals surface area (Å²) in [5.41, 5.74) is 4.27. The number of anilines is 1. The molecule has 2 heterocycles. The van der Waals surface area contributed by atoms with E-state index in [9.17, 15) is 0 Å². The molecule has 1 aromatic carbocycles. The zero-order chi connectivity index (χ0) is 17.6. The number of aromatic nitrogens is 4. The second kappa shape index (κ2) is 5.65. The summed E-state index contributed by atoms with van der Waals surface area (Å²) in [7, 11) is 3.85. The van der Waals surface area contributed by atoms with Crippen LogP contribution in [0.4, 0.5) is 5.82 Å². The maximum absolute atomic E-state index is 5.48. The molecule has 3 aromatic rings. The zero-order valence-electron chi connectivity index (χ0n) is 14.9. The van der Waals surface area contributed by atoms with Crippen molar-refractivity contribution in [1.29, 1.82) is 0 Å². The van der Waals surface area contributed by atoms with Gasteiger partial charge in [0.25, 0.3) is 5.89 Å². The summed E-state index contributed by atoms with van der Waals surface area (Å²) in [5.74, 6) is 1.95. The monoisotopic (exact) mass is 335 g/mol. The molecule has 128 valence electrons. The molecule has 2 aromatic heterocycles. The lowest BCUT2D eigenvalue weighted by molar-refractivity contribution is 0.416. The molecule has 1 aliphatic rings. The summed E-state index contributed by atoms with van der Waals surface area (Å²) in [6.07, 6.45) is 5.46. The van der Waals surface area contributed by atoms with Crippen molar-refractivity contribution >= 4 is 5.82 Å². The first-order chi connectivity index (χ1) is 12.0. The van der Waals surface area contributed by atoms with E-state index in [1.165, 1.54) is 16.7 Å². The minimum atomic E-state index is -0.116. The molecule has 1 aliphatic carbocycles. The van der Waals surface area contributed by atoms with Crippen LogP contribution < -0.4 is 4.90 Å². The van der Waals surface area contributed by atoms with Gasteiger partial charge in [-0.1, -0.05) is 34.5 Å². The van der Waals surface area contributed by atoms with E-state index in [1.54, 1.807) is 12.4 Å². The highest BCUT2D eigenvalue weighted by Gasteiger charge is 2.50. The van der Waals surface area contributed by atoms with Gasteiger partial charge in [-0.15, -0.1) is 0 Å². The van der Waals surface area contributed by atoms with Crippen molar-refractivity contribution in [2.45, 2.75) is 32.1 Å². The van der Waals surface area contributed by atoms with Gasteiger partial charge in [-0.05, 0) is 32.3 Å². The van der Waals surface area contributed by atoms with Gasteiger partial charge in [0.05, 0.1) is 17.8 Å². The molecule has 0 saturated heterocycles. The number of aryl methyl sites for hydroxylation is 2.